The summed E-state index contributed by atoms with van der Waals surface area (Å²) in [5.74, 6) is 0.107. The van der Waals surface area contributed by atoms with E-state index in [2.05, 4.69) is 15.6 Å². The predicted octanol–water partition coefficient (Wildman–Crippen LogP) is 3.29. The smallest absolute Gasteiger partial charge is 0.383 e. The number of benzene rings is 1. The summed E-state index contributed by atoms with van der Waals surface area (Å²) in [5, 5.41) is 9.97. The zero-order valence-corrected chi connectivity index (χ0v) is 14.7. The van der Waals surface area contributed by atoms with Crippen LogP contribution in [0.4, 0.5) is 37.8 Å². The zero-order chi connectivity index (χ0) is 21.2. The summed E-state index contributed by atoms with van der Waals surface area (Å²) in [6.45, 7) is -0.0207. The minimum atomic E-state index is -4.83. The Hall–Kier alpha value is -2.54. The van der Waals surface area contributed by atoms with E-state index in [-0.39, 0.29) is 24.6 Å². The van der Waals surface area contributed by atoms with Gasteiger partial charge in [-0.05, 0) is 30.3 Å². The summed E-state index contributed by atoms with van der Waals surface area (Å²) >= 11 is 0. The predicted molar refractivity (Wildman–Crippen MR) is 89.0 cm³/mol. The van der Waals surface area contributed by atoms with E-state index in [1.807, 2.05) is 0 Å². The van der Waals surface area contributed by atoms with Gasteiger partial charge in [0.2, 0.25) is 10.0 Å². The molecule has 0 saturated carbocycles. The number of nitrogens with two attached hydrogens (primary N) is 1. The monoisotopic (exact) mass is 428 g/mol. The molecule has 0 aliphatic heterocycles. The molecule has 0 amide bonds. The standard InChI is InChI=1S/C15H14F6N4O2S/c16-14(17,18)9-1-4-13(25-8-9)24-6-5-23-12-3-2-10(28(22,26)27)7-11(12)15(19,20)21/h1-4,7-8,23H,5-6H2,(H,24,25)(H2,22,26,27). The lowest BCUT2D eigenvalue weighted by Gasteiger charge is -2.16. The molecule has 154 valence electrons. The van der Waals surface area contributed by atoms with E-state index >= 15 is 0 Å². The molecule has 0 fully saturated rings. The minimum absolute atomic E-state index is 0.0343. The van der Waals surface area contributed by atoms with Gasteiger partial charge in [0.05, 0.1) is 16.0 Å². The first-order valence-corrected chi connectivity index (χ1v) is 9.08. The van der Waals surface area contributed by atoms with E-state index in [0.29, 0.717) is 12.3 Å². The molecule has 2 rings (SSSR count). The van der Waals surface area contributed by atoms with Crippen LogP contribution in [0.2, 0.25) is 0 Å². The van der Waals surface area contributed by atoms with E-state index in [1.165, 1.54) is 0 Å². The summed E-state index contributed by atoms with van der Waals surface area (Å²) < 4.78 is 99.2. The molecular weight excluding hydrogens is 414 g/mol. The van der Waals surface area contributed by atoms with Crippen molar-refractivity contribution in [3.63, 3.8) is 0 Å². The third-order valence-electron chi connectivity index (χ3n) is 3.46. The van der Waals surface area contributed by atoms with Crippen LogP contribution in [-0.2, 0) is 22.4 Å². The molecule has 13 heteroatoms. The Morgan fingerprint density at radius 2 is 1.57 bits per heavy atom. The van der Waals surface area contributed by atoms with Crippen molar-refractivity contribution in [1.29, 1.82) is 0 Å². The molecule has 0 atom stereocenters. The highest BCUT2D eigenvalue weighted by Gasteiger charge is 2.34. The van der Waals surface area contributed by atoms with Crippen molar-refractivity contribution in [2.45, 2.75) is 17.2 Å². The number of aromatic nitrogens is 1. The molecule has 0 radical (unpaired) electrons. The van der Waals surface area contributed by atoms with Crippen LogP contribution in [0.1, 0.15) is 11.1 Å². The first-order chi connectivity index (χ1) is 12.8. The number of anilines is 2. The van der Waals surface area contributed by atoms with Gasteiger partial charge in [-0.3, -0.25) is 0 Å². The molecule has 0 aliphatic rings. The fourth-order valence-corrected chi connectivity index (χ4v) is 2.68. The fraction of sp³-hybridized carbons (Fsp3) is 0.267. The molecule has 0 saturated heterocycles. The fourth-order valence-electron chi connectivity index (χ4n) is 2.14. The summed E-state index contributed by atoms with van der Waals surface area (Å²) in [4.78, 5) is 2.88. The number of sulfonamides is 1. The zero-order valence-electron chi connectivity index (χ0n) is 13.9. The highest BCUT2D eigenvalue weighted by Crippen LogP contribution is 2.36. The van der Waals surface area contributed by atoms with Crippen LogP contribution in [0, 0.1) is 0 Å². The highest BCUT2D eigenvalue weighted by molar-refractivity contribution is 7.89. The van der Waals surface area contributed by atoms with Crippen molar-refractivity contribution in [2.24, 2.45) is 5.14 Å². The Bertz CT molecular complexity index is 927. The number of halogens is 6. The molecule has 1 heterocycles. The number of rotatable bonds is 6. The summed E-state index contributed by atoms with van der Waals surface area (Å²) in [7, 11) is -4.31. The first-order valence-electron chi connectivity index (χ1n) is 7.53. The SMILES string of the molecule is NS(=O)(=O)c1ccc(NCCNc2ccc(C(F)(F)F)cn2)c(C(F)(F)F)c1. The second-order valence-electron chi connectivity index (χ2n) is 5.53. The molecule has 4 N–H and O–H groups in total. The Balaban J connectivity index is 2.03. The molecule has 0 unspecified atom stereocenters. The number of nitrogens with zero attached hydrogens (tertiary/aromatic N) is 1. The van der Waals surface area contributed by atoms with Crippen LogP contribution in [0.5, 0.6) is 0 Å². The second kappa shape index (κ2) is 7.83. The molecule has 6 nitrogen and oxygen atoms in total. The molecule has 1 aromatic carbocycles. The van der Waals surface area contributed by atoms with Crippen molar-refractivity contribution >= 4 is 21.5 Å². The first kappa shape index (κ1) is 21.8. The molecule has 1 aromatic heterocycles. The van der Waals surface area contributed by atoms with Gasteiger partial charge in [-0.1, -0.05) is 0 Å². The van der Waals surface area contributed by atoms with Gasteiger partial charge < -0.3 is 10.6 Å². The van der Waals surface area contributed by atoms with Crippen molar-refractivity contribution < 1.29 is 34.8 Å². The van der Waals surface area contributed by atoms with Gasteiger partial charge in [0.15, 0.2) is 0 Å². The molecule has 2 aromatic rings. The lowest BCUT2D eigenvalue weighted by molar-refractivity contribution is -0.138. The third-order valence-corrected chi connectivity index (χ3v) is 4.37. The van der Waals surface area contributed by atoms with Gasteiger partial charge in [-0.2, -0.15) is 26.3 Å². The Morgan fingerprint density at radius 1 is 0.929 bits per heavy atom. The van der Waals surface area contributed by atoms with E-state index < -0.39 is 38.4 Å². The Labute approximate surface area is 155 Å². The summed E-state index contributed by atoms with van der Waals surface area (Å²) in [6.07, 6.45) is -8.72. The summed E-state index contributed by atoms with van der Waals surface area (Å²) in [6, 6.07) is 4.18. The van der Waals surface area contributed by atoms with Crippen LogP contribution in [0.15, 0.2) is 41.4 Å². The van der Waals surface area contributed by atoms with Gasteiger partial charge in [0.25, 0.3) is 0 Å². The summed E-state index contributed by atoms with van der Waals surface area (Å²) in [5.41, 5.74) is -2.52. The van der Waals surface area contributed by atoms with Gasteiger partial charge in [-0.15, -0.1) is 0 Å². The van der Waals surface area contributed by atoms with Crippen LogP contribution in [0.3, 0.4) is 0 Å². The number of pyridine rings is 1. The van der Waals surface area contributed by atoms with Gasteiger partial charge in [0.1, 0.15) is 5.82 Å². The maximum absolute atomic E-state index is 13.1. The quantitative estimate of drug-likeness (QED) is 0.485. The van der Waals surface area contributed by atoms with E-state index in [0.717, 1.165) is 24.3 Å². The topological polar surface area (TPSA) is 97.1 Å². The van der Waals surface area contributed by atoms with Crippen LogP contribution in [-0.4, -0.2) is 26.5 Å². The normalized spacial score (nSPS) is 12.7. The largest absolute Gasteiger partial charge is 0.418 e. The molecule has 0 spiro atoms. The van der Waals surface area contributed by atoms with Crippen molar-refractivity contribution in [2.75, 3.05) is 23.7 Å². The Morgan fingerprint density at radius 3 is 2.07 bits per heavy atom. The number of hydrogen-bond donors (Lipinski definition) is 3. The van der Waals surface area contributed by atoms with Crippen molar-refractivity contribution in [1.82, 2.24) is 4.98 Å². The van der Waals surface area contributed by atoms with E-state index in [1.54, 1.807) is 0 Å². The van der Waals surface area contributed by atoms with Crippen LogP contribution >= 0.6 is 0 Å². The number of alkyl halides is 6. The Kier molecular flexibility index (Phi) is 6.09. The highest BCUT2D eigenvalue weighted by atomic mass is 32.2. The lowest BCUT2D eigenvalue weighted by atomic mass is 10.1. The third kappa shape index (κ3) is 5.73. The van der Waals surface area contributed by atoms with Gasteiger partial charge in [-0.25, -0.2) is 18.5 Å². The number of hydrogen-bond acceptors (Lipinski definition) is 5. The van der Waals surface area contributed by atoms with Crippen molar-refractivity contribution in [3.8, 4) is 0 Å². The average Bonchev–Trinajstić information content (AvgIpc) is 2.56. The van der Waals surface area contributed by atoms with Gasteiger partial charge in [0, 0.05) is 25.0 Å². The van der Waals surface area contributed by atoms with E-state index in [9.17, 15) is 34.8 Å². The lowest BCUT2D eigenvalue weighted by Crippen LogP contribution is -2.19. The molecule has 0 bridgehead atoms. The molecule has 0 aliphatic carbocycles. The maximum Gasteiger partial charge on any atom is 0.418 e. The second-order valence-corrected chi connectivity index (χ2v) is 7.10. The van der Waals surface area contributed by atoms with Gasteiger partial charge >= 0.3 is 12.4 Å². The minimum Gasteiger partial charge on any atom is -0.383 e. The van der Waals surface area contributed by atoms with E-state index in [4.69, 9.17) is 5.14 Å². The number of nitrogens with one attached hydrogen (secondary N) is 2. The molecular formula is C15H14F6N4O2S. The number of primary sulfonamides is 1. The van der Waals surface area contributed by atoms with Crippen LogP contribution < -0.4 is 15.8 Å². The van der Waals surface area contributed by atoms with Crippen molar-refractivity contribution in [3.05, 3.63) is 47.7 Å². The van der Waals surface area contributed by atoms with Crippen LogP contribution in [0.25, 0.3) is 0 Å². The average molecular weight is 428 g/mol. The molecule has 28 heavy (non-hydrogen) atoms. The maximum atomic E-state index is 13.1.